The van der Waals surface area contributed by atoms with E-state index in [0.29, 0.717) is 15.5 Å². The molecule has 0 aliphatic carbocycles. The Balaban J connectivity index is 2.09. The molecule has 30 heavy (non-hydrogen) atoms. The fourth-order valence-electron chi connectivity index (χ4n) is 2.73. The van der Waals surface area contributed by atoms with Crippen LogP contribution in [0.1, 0.15) is 36.8 Å². The lowest BCUT2D eigenvalue weighted by Gasteiger charge is -2.22. The van der Waals surface area contributed by atoms with E-state index in [1.165, 1.54) is 35.0 Å². The van der Waals surface area contributed by atoms with Crippen LogP contribution in [-0.4, -0.2) is 20.7 Å². The number of esters is 1. The van der Waals surface area contributed by atoms with Gasteiger partial charge in [-0.1, -0.05) is 36.0 Å². The number of hydrogen-bond acceptors (Lipinski definition) is 6. The van der Waals surface area contributed by atoms with Gasteiger partial charge in [0.1, 0.15) is 5.82 Å². The average molecular weight is 429 g/mol. The number of para-hydroxylation sites is 1. The molecule has 0 spiro atoms. The van der Waals surface area contributed by atoms with Crippen LogP contribution in [0.15, 0.2) is 58.3 Å². The zero-order valence-corrected chi connectivity index (χ0v) is 17.7. The molecular formula is C21H20FN3O4S. The Morgan fingerprint density at radius 3 is 2.43 bits per heavy atom. The van der Waals surface area contributed by atoms with E-state index in [9.17, 15) is 19.3 Å². The van der Waals surface area contributed by atoms with Crippen LogP contribution < -0.4 is 4.74 Å². The average Bonchev–Trinajstić information content (AvgIpc) is 2.98. The third-order valence-electron chi connectivity index (χ3n) is 4.16. The number of benzene rings is 2. The highest BCUT2D eigenvalue weighted by molar-refractivity contribution is 7.99. The van der Waals surface area contributed by atoms with Crippen molar-refractivity contribution >= 4 is 23.4 Å². The summed E-state index contributed by atoms with van der Waals surface area (Å²) < 4.78 is 21.2. The topological polar surface area (TPSA) is 87.3 Å². The third-order valence-corrected chi connectivity index (χ3v) is 5.40. The molecule has 3 rings (SSSR count). The molecule has 156 valence electrons. The molecule has 7 nitrogen and oxygen atoms in total. The second-order valence-corrected chi connectivity index (χ2v) is 8.55. The Morgan fingerprint density at radius 1 is 1.17 bits per heavy atom. The summed E-state index contributed by atoms with van der Waals surface area (Å²) in [5.41, 5.74) is -0.309. The Hall–Kier alpha value is -3.20. The molecule has 0 radical (unpaired) electrons. The fraction of sp³-hybridized carbons (Fsp3) is 0.238. The highest BCUT2D eigenvalue weighted by atomic mass is 32.2. The number of carbonyl (C=O) groups is 1. The number of nitro benzene ring substituents is 1. The van der Waals surface area contributed by atoms with Gasteiger partial charge in [-0.2, -0.15) is 5.10 Å². The SMILES string of the molecule is Cc1nn(C(C)(C)C)c(OC(=O)c2ccccc2F)c1Sc1ccccc1[N+](=O)[O-]. The van der Waals surface area contributed by atoms with Gasteiger partial charge in [0.2, 0.25) is 5.88 Å². The zero-order valence-electron chi connectivity index (χ0n) is 16.9. The van der Waals surface area contributed by atoms with E-state index in [2.05, 4.69) is 5.10 Å². The fourth-order valence-corrected chi connectivity index (χ4v) is 3.74. The van der Waals surface area contributed by atoms with Crippen LogP contribution in [-0.2, 0) is 5.54 Å². The van der Waals surface area contributed by atoms with Crippen LogP contribution in [0.2, 0.25) is 0 Å². The molecule has 2 aromatic carbocycles. The maximum Gasteiger partial charge on any atom is 0.347 e. The predicted molar refractivity (Wildman–Crippen MR) is 111 cm³/mol. The minimum Gasteiger partial charge on any atom is -0.403 e. The highest BCUT2D eigenvalue weighted by Gasteiger charge is 2.29. The van der Waals surface area contributed by atoms with Crippen molar-refractivity contribution in [3.8, 4) is 5.88 Å². The number of halogens is 1. The standard InChI is InChI=1S/C21H20FN3O4S/c1-13-18(30-17-12-8-7-11-16(17)25(27)28)19(24(23-13)21(2,3)4)29-20(26)14-9-5-6-10-15(14)22/h5-12H,1-4H3. The van der Waals surface area contributed by atoms with Crippen molar-refractivity contribution in [1.82, 2.24) is 9.78 Å². The van der Waals surface area contributed by atoms with E-state index in [4.69, 9.17) is 4.74 Å². The molecule has 0 amide bonds. The molecule has 0 aliphatic heterocycles. The molecular weight excluding hydrogens is 409 g/mol. The number of carbonyl (C=O) groups excluding carboxylic acids is 1. The lowest BCUT2D eigenvalue weighted by molar-refractivity contribution is -0.387. The Morgan fingerprint density at radius 2 is 1.80 bits per heavy atom. The minimum atomic E-state index is -0.872. The highest BCUT2D eigenvalue weighted by Crippen LogP contribution is 2.43. The molecule has 0 fully saturated rings. The summed E-state index contributed by atoms with van der Waals surface area (Å²) in [5.74, 6) is -1.46. The van der Waals surface area contributed by atoms with E-state index in [-0.39, 0.29) is 17.1 Å². The largest absolute Gasteiger partial charge is 0.403 e. The van der Waals surface area contributed by atoms with E-state index < -0.39 is 22.2 Å². The smallest absolute Gasteiger partial charge is 0.347 e. The lowest BCUT2D eigenvalue weighted by Crippen LogP contribution is -2.25. The summed E-state index contributed by atoms with van der Waals surface area (Å²) >= 11 is 1.08. The van der Waals surface area contributed by atoms with Crippen LogP contribution in [0.5, 0.6) is 5.88 Å². The van der Waals surface area contributed by atoms with Crippen molar-refractivity contribution in [3.05, 3.63) is 75.7 Å². The van der Waals surface area contributed by atoms with Crippen molar-refractivity contribution in [1.29, 1.82) is 0 Å². The minimum absolute atomic E-state index is 0.0724. The molecule has 0 aliphatic rings. The van der Waals surface area contributed by atoms with Crippen LogP contribution in [0.4, 0.5) is 10.1 Å². The van der Waals surface area contributed by atoms with Gasteiger partial charge in [0.15, 0.2) is 0 Å². The summed E-state index contributed by atoms with van der Waals surface area (Å²) in [4.78, 5) is 24.4. The third kappa shape index (κ3) is 4.35. The molecule has 9 heteroatoms. The van der Waals surface area contributed by atoms with Crippen molar-refractivity contribution in [2.75, 3.05) is 0 Å². The molecule has 0 unspecified atom stereocenters. The second-order valence-electron chi connectivity index (χ2n) is 7.50. The van der Waals surface area contributed by atoms with Crippen molar-refractivity contribution in [2.24, 2.45) is 0 Å². The van der Waals surface area contributed by atoms with Crippen LogP contribution in [0.3, 0.4) is 0 Å². The maximum absolute atomic E-state index is 14.1. The summed E-state index contributed by atoms with van der Waals surface area (Å²) in [7, 11) is 0. The predicted octanol–water partition coefficient (Wildman–Crippen LogP) is 5.36. The molecule has 1 aromatic heterocycles. The number of nitro groups is 1. The number of aromatic nitrogens is 2. The van der Waals surface area contributed by atoms with Crippen LogP contribution >= 0.6 is 11.8 Å². The summed E-state index contributed by atoms with van der Waals surface area (Å²) in [5, 5.41) is 15.9. The molecule has 3 aromatic rings. The quantitative estimate of drug-likeness (QED) is 0.308. The van der Waals surface area contributed by atoms with Gasteiger partial charge in [-0.3, -0.25) is 10.1 Å². The summed E-state index contributed by atoms with van der Waals surface area (Å²) in [6.45, 7) is 7.34. The lowest BCUT2D eigenvalue weighted by atomic mass is 10.1. The number of rotatable bonds is 5. The molecule has 0 saturated heterocycles. The first-order chi connectivity index (χ1) is 14.1. The van der Waals surface area contributed by atoms with Gasteiger partial charge in [-0.15, -0.1) is 0 Å². The summed E-state index contributed by atoms with van der Waals surface area (Å²) in [6.07, 6.45) is 0. The van der Waals surface area contributed by atoms with Gasteiger partial charge in [0.05, 0.1) is 31.5 Å². The first-order valence-electron chi connectivity index (χ1n) is 9.07. The van der Waals surface area contributed by atoms with Gasteiger partial charge in [-0.25, -0.2) is 13.9 Å². The zero-order chi connectivity index (χ0) is 22.1. The van der Waals surface area contributed by atoms with Crippen molar-refractivity contribution < 1.29 is 18.8 Å². The van der Waals surface area contributed by atoms with Crippen LogP contribution in [0.25, 0.3) is 0 Å². The molecule has 1 heterocycles. The maximum atomic E-state index is 14.1. The molecule has 0 atom stereocenters. The first-order valence-corrected chi connectivity index (χ1v) is 9.89. The number of ether oxygens (including phenoxy) is 1. The molecule has 0 saturated carbocycles. The van der Waals surface area contributed by atoms with E-state index in [1.807, 2.05) is 20.8 Å². The Bertz CT molecular complexity index is 1120. The number of hydrogen-bond donors (Lipinski definition) is 0. The van der Waals surface area contributed by atoms with Gasteiger partial charge >= 0.3 is 5.97 Å². The monoisotopic (exact) mass is 429 g/mol. The van der Waals surface area contributed by atoms with Gasteiger partial charge < -0.3 is 4.74 Å². The van der Waals surface area contributed by atoms with E-state index >= 15 is 0 Å². The number of aryl methyl sites for hydroxylation is 1. The van der Waals surface area contributed by atoms with Crippen molar-refractivity contribution in [3.63, 3.8) is 0 Å². The van der Waals surface area contributed by atoms with Gasteiger partial charge in [0, 0.05) is 6.07 Å². The van der Waals surface area contributed by atoms with Gasteiger partial charge in [0.25, 0.3) is 5.69 Å². The van der Waals surface area contributed by atoms with Gasteiger partial charge in [-0.05, 0) is 45.9 Å². The van der Waals surface area contributed by atoms with E-state index in [0.717, 1.165) is 11.8 Å². The molecule has 0 bridgehead atoms. The van der Waals surface area contributed by atoms with Crippen LogP contribution in [0, 0.1) is 22.9 Å². The number of nitrogens with zero attached hydrogens (tertiary/aromatic N) is 3. The van der Waals surface area contributed by atoms with Crippen molar-refractivity contribution in [2.45, 2.75) is 43.0 Å². The Labute approximate surface area is 177 Å². The second kappa shape index (κ2) is 8.27. The van der Waals surface area contributed by atoms with E-state index in [1.54, 1.807) is 25.1 Å². The first kappa shape index (κ1) is 21.5. The molecule has 0 N–H and O–H groups in total. The normalized spacial score (nSPS) is 11.4. The summed E-state index contributed by atoms with van der Waals surface area (Å²) in [6, 6.07) is 11.8. The Kier molecular flexibility index (Phi) is 5.93.